The third-order valence-electron chi connectivity index (χ3n) is 9.84. The smallest absolute Gasteiger partial charge is 0.306 e. The lowest BCUT2D eigenvalue weighted by molar-refractivity contribution is -0.151. The van der Waals surface area contributed by atoms with Crippen LogP contribution >= 0.6 is 0 Å². The molecule has 0 heterocycles. The topological polar surface area (TPSA) is 95.9 Å². The predicted molar refractivity (Wildman–Crippen MR) is 245 cm³/mol. The monoisotopic (exact) mass is 792 g/mol. The van der Waals surface area contributed by atoms with Gasteiger partial charge in [0, 0.05) is 6.42 Å². The fourth-order valence-electron chi connectivity index (χ4n) is 6.33. The first-order valence-electron chi connectivity index (χ1n) is 23.1. The van der Waals surface area contributed by atoms with Crippen LogP contribution in [-0.4, -0.2) is 46.9 Å². The third kappa shape index (κ3) is 39.4. The summed E-state index contributed by atoms with van der Waals surface area (Å²) in [6.07, 6.45) is 57.5. The summed E-state index contributed by atoms with van der Waals surface area (Å²) in [6.45, 7) is 6.24. The molecule has 57 heavy (non-hydrogen) atoms. The summed E-state index contributed by atoms with van der Waals surface area (Å²) in [5.74, 6) is -0.572. The fourth-order valence-corrected chi connectivity index (χ4v) is 6.33. The summed E-state index contributed by atoms with van der Waals surface area (Å²) in [5, 5.41) is 23.6. The van der Waals surface area contributed by atoms with Crippen molar-refractivity contribution < 1.29 is 24.5 Å². The molecule has 0 rings (SSSR count). The number of rotatable bonds is 39. The highest BCUT2D eigenvalue weighted by atomic mass is 16.5. The van der Waals surface area contributed by atoms with E-state index < -0.39 is 18.2 Å². The van der Waals surface area contributed by atoms with E-state index in [4.69, 9.17) is 4.74 Å². The molecule has 0 aromatic heterocycles. The van der Waals surface area contributed by atoms with Crippen molar-refractivity contribution in [2.24, 2.45) is 0 Å². The van der Waals surface area contributed by atoms with E-state index in [-0.39, 0.29) is 24.9 Å². The average molecular weight is 792 g/mol. The van der Waals surface area contributed by atoms with Gasteiger partial charge in [-0.15, -0.1) is 0 Å². The molecule has 6 heteroatoms. The summed E-state index contributed by atoms with van der Waals surface area (Å²) in [5.41, 5.74) is 0. The molecule has 0 fully saturated rings. The van der Waals surface area contributed by atoms with Gasteiger partial charge in [0.05, 0.1) is 25.2 Å². The molecule has 0 aromatic carbocycles. The first-order chi connectivity index (χ1) is 28.0. The lowest BCUT2D eigenvalue weighted by atomic mass is 10.0. The van der Waals surface area contributed by atoms with Crippen LogP contribution in [0.2, 0.25) is 0 Å². The van der Waals surface area contributed by atoms with Crippen LogP contribution in [0.15, 0.2) is 97.2 Å². The maximum atomic E-state index is 13.1. The van der Waals surface area contributed by atoms with Gasteiger partial charge >= 0.3 is 5.97 Å². The summed E-state index contributed by atoms with van der Waals surface area (Å²) in [6, 6.07) is -0.727. The van der Waals surface area contributed by atoms with Gasteiger partial charge in [0.15, 0.2) is 0 Å². The molecule has 324 valence electrons. The van der Waals surface area contributed by atoms with Gasteiger partial charge in [-0.2, -0.15) is 0 Å². The third-order valence-corrected chi connectivity index (χ3v) is 9.84. The van der Waals surface area contributed by atoms with E-state index in [0.29, 0.717) is 19.3 Å². The lowest BCUT2D eigenvalue weighted by Gasteiger charge is -2.24. The molecule has 0 saturated heterocycles. The molecule has 3 unspecified atom stereocenters. The Morgan fingerprint density at radius 3 is 1.47 bits per heavy atom. The van der Waals surface area contributed by atoms with Gasteiger partial charge in [0.2, 0.25) is 5.91 Å². The largest absolute Gasteiger partial charge is 0.462 e. The van der Waals surface area contributed by atoms with Crippen LogP contribution in [-0.2, 0) is 14.3 Å². The zero-order chi connectivity index (χ0) is 41.7. The number of nitrogens with one attached hydrogen (secondary N) is 1. The number of carbonyl (C=O) groups excluding carboxylic acids is 2. The summed E-state index contributed by atoms with van der Waals surface area (Å²) in [7, 11) is 0. The molecule has 3 atom stereocenters. The van der Waals surface area contributed by atoms with Gasteiger partial charge in [0.25, 0.3) is 0 Å². The van der Waals surface area contributed by atoms with Crippen molar-refractivity contribution >= 4 is 11.9 Å². The molecule has 0 aliphatic heterocycles. The quantitative estimate of drug-likeness (QED) is 0.0327. The Morgan fingerprint density at radius 2 is 0.947 bits per heavy atom. The number of esters is 1. The van der Waals surface area contributed by atoms with Crippen molar-refractivity contribution in [1.82, 2.24) is 5.32 Å². The molecule has 6 nitrogen and oxygen atoms in total. The van der Waals surface area contributed by atoms with E-state index in [9.17, 15) is 19.8 Å². The number of hydrogen-bond acceptors (Lipinski definition) is 5. The van der Waals surface area contributed by atoms with Crippen LogP contribution < -0.4 is 5.32 Å². The van der Waals surface area contributed by atoms with E-state index in [1.54, 1.807) is 0 Å². The molecule has 3 N–H and O–H groups in total. The number of amides is 1. The Hall–Kier alpha value is -3.22. The maximum Gasteiger partial charge on any atom is 0.306 e. The first-order valence-corrected chi connectivity index (χ1v) is 23.1. The van der Waals surface area contributed by atoms with Crippen molar-refractivity contribution in [1.29, 1.82) is 0 Å². The second-order valence-electron chi connectivity index (χ2n) is 15.3. The highest BCUT2D eigenvalue weighted by Gasteiger charge is 2.24. The van der Waals surface area contributed by atoms with E-state index in [0.717, 1.165) is 83.5 Å². The molecule has 0 aliphatic rings. The number of unbranched alkanes of at least 4 members (excludes halogenated alkanes) is 17. The minimum Gasteiger partial charge on any atom is -0.462 e. The molecule has 0 radical (unpaired) electrons. The molecule has 1 amide bonds. The first kappa shape index (κ1) is 53.8. The minimum atomic E-state index is -0.809. The van der Waals surface area contributed by atoms with Gasteiger partial charge in [-0.3, -0.25) is 9.59 Å². The fraction of sp³-hybridized carbons (Fsp3) is 0.647. The normalized spacial score (nSPS) is 14.3. The van der Waals surface area contributed by atoms with Crippen molar-refractivity contribution in [2.75, 3.05) is 6.61 Å². The van der Waals surface area contributed by atoms with Gasteiger partial charge in [-0.1, -0.05) is 201 Å². The number of hydrogen-bond donors (Lipinski definition) is 3. The molecule has 0 aliphatic carbocycles. The predicted octanol–water partition coefficient (Wildman–Crippen LogP) is 13.4. The van der Waals surface area contributed by atoms with Crippen LogP contribution in [0, 0.1) is 0 Å². The van der Waals surface area contributed by atoms with Crippen LogP contribution in [0.25, 0.3) is 0 Å². The summed E-state index contributed by atoms with van der Waals surface area (Å²) < 4.78 is 5.87. The van der Waals surface area contributed by atoms with E-state index in [1.807, 2.05) is 48.6 Å². The molecule has 0 spiro atoms. The van der Waals surface area contributed by atoms with Crippen molar-refractivity contribution in [3.05, 3.63) is 97.2 Å². The molecule has 0 saturated carbocycles. The van der Waals surface area contributed by atoms with Crippen LogP contribution in [0.3, 0.4) is 0 Å². The number of carbonyl (C=O) groups is 2. The number of allylic oxidation sites excluding steroid dienone is 16. The number of aliphatic hydroxyl groups excluding tert-OH is 2. The molecular weight excluding hydrogens is 707 g/mol. The van der Waals surface area contributed by atoms with Gasteiger partial charge < -0.3 is 20.3 Å². The molecular formula is C51H85NO5. The van der Waals surface area contributed by atoms with Crippen LogP contribution in [0.5, 0.6) is 0 Å². The second kappa shape index (κ2) is 43.9. The summed E-state index contributed by atoms with van der Waals surface area (Å²) >= 11 is 0. The van der Waals surface area contributed by atoms with E-state index >= 15 is 0 Å². The minimum absolute atomic E-state index is 0.0293. The SMILES string of the molecule is CC/C=C/C=C/C=C\C=C/CCCCCC(=O)OC(CCCCC/C=C/C=C/C=C/C=C/CCCCC)CC(=O)NC(CO)C(O)CCCCCCCCCCC. The van der Waals surface area contributed by atoms with E-state index in [2.05, 4.69) is 74.7 Å². The summed E-state index contributed by atoms with van der Waals surface area (Å²) in [4.78, 5) is 26.0. The molecule has 0 aromatic rings. The Morgan fingerprint density at radius 1 is 0.526 bits per heavy atom. The molecule has 0 bridgehead atoms. The van der Waals surface area contributed by atoms with Crippen LogP contribution in [0.4, 0.5) is 0 Å². The average Bonchev–Trinajstić information content (AvgIpc) is 3.20. The Bertz CT molecular complexity index is 1160. The highest BCUT2D eigenvalue weighted by Crippen LogP contribution is 2.16. The van der Waals surface area contributed by atoms with Crippen molar-refractivity contribution in [2.45, 2.75) is 206 Å². The zero-order valence-electron chi connectivity index (χ0n) is 36.7. The van der Waals surface area contributed by atoms with Gasteiger partial charge in [0.1, 0.15) is 6.10 Å². The Labute approximate surface area is 350 Å². The standard InChI is InChI=1S/C51H85NO5/c1-4-7-10-13-16-19-21-23-24-25-27-28-31-33-36-39-42-47(57-51(56)44-41-38-35-32-29-26-22-20-17-14-11-8-5-2)45-50(55)52-48(46-53)49(54)43-40-37-34-30-18-15-12-9-6-3/h8,11,14,16-17,19-29,47-49,53-54H,4-7,9-10,12-13,15,18,30-46H2,1-3H3,(H,52,55)/b11-8+,17-14+,19-16+,22-20-,23-21+,25-24+,28-27+,29-26-. The lowest BCUT2D eigenvalue weighted by Crippen LogP contribution is -2.46. The Balaban J connectivity index is 4.81. The second-order valence-corrected chi connectivity index (χ2v) is 15.3. The number of aliphatic hydroxyl groups is 2. The highest BCUT2D eigenvalue weighted by molar-refractivity contribution is 5.77. The number of ether oxygens (including phenoxy) is 1. The zero-order valence-corrected chi connectivity index (χ0v) is 36.7. The van der Waals surface area contributed by atoms with Gasteiger partial charge in [-0.05, 0) is 70.6 Å². The maximum absolute atomic E-state index is 13.1. The van der Waals surface area contributed by atoms with Crippen LogP contribution in [0.1, 0.15) is 188 Å². The van der Waals surface area contributed by atoms with Gasteiger partial charge in [-0.25, -0.2) is 0 Å². The Kier molecular flexibility index (Phi) is 41.4. The van der Waals surface area contributed by atoms with Crippen molar-refractivity contribution in [3.8, 4) is 0 Å². The van der Waals surface area contributed by atoms with E-state index in [1.165, 1.54) is 57.8 Å². The van der Waals surface area contributed by atoms with Crippen molar-refractivity contribution in [3.63, 3.8) is 0 Å².